The lowest BCUT2D eigenvalue weighted by Gasteiger charge is -2.07. The molecule has 1 aromatic heterocycles. The van der Waals surface area contributed by atoms with E-state index in [9.17, 15) is 8.78 Å². The second-order valence-corrected chi connectivity index (χ2v) is 4.78. The van der Waals surface area contributed by atoms with E-state index >= 15 is 0 Å². The molecule has 4 heteroatoms. The molecule has 0 nitrogen and oxygen atoms in total. The lowest BCUT2D eigenvalue weighted by atomic mass is 10.1. The molecule has 0 N–H and O–H groups in total. The summed E-state index contributed by atoms with van der Waals surface area (Å²) >= 11 is 4.83. The normalized spacial score (nSPS) is 11.5. The van der Waals surface area contributed by atoms with Crippen LogP contribution < -0.4 is 0 Å². The van der Waals surface area contributed by atoms with Gasteiger partial charge in [-0.2, -0.15) is 0 Å². The highest BCUT2D eigenvalue weighted by Gasteiger charge is 2.15. The zero-order valence-corrected chi connectivity index (χ0v) is 9.75. The summed E-state index contributed by atoms with van der Waals surface area (Å²) < 4.78 is 26.9. The Balaban J connectivity index is 2.80. The third-order valence-electron chi connectivity index (χ3n) is 2.22. The Morgan fingerprint density at radius 1 is 1.43 bits per heavy atom. The van der Waals surface area contributed by atoms with Crippen LogP contribution in [0.4, 0.5) is 8.78 Å². The van der Waals surface area contributed by atoms with Crippen molar-refractivity contribution < 1.29 is 8.78 Å². The highest BCUT2D eigenvalue weighted by molar-refractivity contribution is 9.10. The molecule has 74 valence electrons. The number of benzene rings is 1. The summed E-state index contributed by atoms with van der Waals surface area (Å²) in [6.07, 6.45) is -2.40. The summed E-state index contributed by atoms with van der Waals surface area (Å²) in [6.45, 7) is 1.71. The summed E-state index contributed by atoms with van der Waals surface area (Å²) in [6, 6.07) is 3.51. The zero-order valence-electron chi connectivity index (χ0n) is 7.35. The molecule has 0 aliphatic carbocycles. The quantitative estimate of drug-likeness (QED) is 0.694. The Labute approximate surface area is 92.7 Å². The van der Waals surface area contributed by atoms with E-state index in [0.29, 0.717) is 5.56 Å². The van der Waals surface area contributed by atoms with Gasteiger partial charge in [0.05, 0.1) is 0 Å². The standard InChI is InChI=1S/C10H7BrF2S/c1-5-7(10(12)13)4-8-6(9(5)11)2-3-14-8/h2-4,10H,1H3. The fourth-order valence-corrected chi connectivity index (χ4v) is 2.97. The van der Waals surface area contributed by atoms with Crippen molar-refractivity contribution in [3.63, 3.8) is 0 Å². The Bertz CT molecular complexity index is 476. The molecule has 0 unspecified atom stereocenters. The number of hydrogen-bond acceptors (Lipinski definition) is 1. The van der Waals surface area contributed by atoms with Crippen molar-refractivity contribution in [2.24, 2.45) is 0 Å². The molecule has 0 saturated carbocycles. The number of hydrogen-bond donors (Lipinski definition) is 0. The lowest BCUT2D eigenvalue weighted by molar-refractivity contribution is 0.150. The summed E-state index contributed by atoms with van der Waals surface area (Å²) in [5.74, 6) is 0. The molecule has 1 heterocycles. The molecular weight excluding hydrogens is 270 g/mol. The summed E-state index contributed by atoms with van der Waals surface area (Å²) in [7, 11) is 0. The van der Waals surface area contributed by atoms with Gasteiger partial charge < -0.3 is 0 Å². The SMILES string of the molecule is Cc1c(C(F)F)cc2sccc2c1Br. The van der Waals surface area contributed by atoms with Crippen LogP contribution in [0.25, 0.3) is 10.1 Å². The molecule has 0 atom stereocenters. The highest BCUT2D eigenvalue weighted by atomic mass is 79.9. The van der Waals surface area contributed by atoms with Gasteiger partial charge in [0.25, 0.3) is 6.43 Å². The van der Waals surface area contributed by atoms with Gasteiger partial charge in [0, 0.05) is 20.1 Å². The van der Waals surface area contributed by atoms with Crippen LogP contribution >= 0.6 is 27.3 Å². The van der Waals surface area contributed by atoms with Crippen LogP contribution in [0.2, 0.25) is 0 Å². The average molecular weight is 277 g/mol. The minimum absolute atomic E-state index is 0.117. The van der Waals surface area contributed by atoms with Gasteiger partial charge in [0.2, 0.25) is 0 Å². The maximum Gasteiger partial charge on any atom is 0.264 e. The predicted octanol–water partition coefficient (Wildman–Crippen LogP) is 4.91. The monoisotopic (exact) mass is 276 g/mol. The van der Waals surface area contributed by atoms with Crippen LogP contribution in [-0.4, -0.2) is 0 Å². The van der Waals surface area contributed by atoms with E-state index in [1.807, 2.05) is 11.4 Å². The molecule has 0 spiro atoms. The van der Waals surface area contributed by atoms with E-state index in [-0.39, 0.29) is 5.56 Å². The van der Waals surface area contributed by atoms with Gasteiger partial charge in [-0.25, -0.2) is 8.78 Å². The molecule has 0 saturated heterocycles. The van der Waals surface area contributed by atoms with Crippen LogP contribution in [0, 0.1) is 6.92 Å². The molecule has 2 aromatic rings. The Kier molecular flexibility index (Phi) is 2.58. The van der Waals surface area contributed by atoms with Crippen molar-refractivity contribution in [3.8, 4) is 0 Å². The summed E-state index contributed by atoms with van der Waals surface area (Å²) in [4.78, 5) is 0. The predicted molar refractivity (Wildman–Crippen MR) is 59.2 cm³/mol. The topological polar surface area (TPSA) is 0 Å². The minimum atomic E-state index is -2.40. The molecule has 0 amide bonds. The number of halogens is 3. The fourth-order valence-electron chi connectivity index (χ4n) is 1.42. The molecule has 0 radical (unpaired) electrons. The van der Waals surface area contributed by atoms with Crippen LogP contribution in [0.5, 0.6) is 0 Å². The average Bonchev–Trinajstić information content (AvgIpc) is 2.58. The van der Waals surface area contributed by atoms with E-state index < -0.39 is 6.43 Å². The van der Waals surface area contributed by atoms with Gasteiger partial charge in [-0.3, -0.25) is 0 Å². The van der Waals surface area contributed by atoms with Gasteiger partial charge >= 0.3 is 0 Å². The summed E-state index contributed by atoms with van der Waals surface area (Å²) in [5, 5.41) is 2.92. The highest BCUT2D eigenvalue weighted by Crippen LogP contribution is 2.36. The fraction of sp³-hybridized carbons (Fsp3) is 0.200. The van der Waals surface area contributed by atoms with Gasteiger partial charge in [-0.05, 0) is 45.9 Å². The third-order valence-corrected chi connectivity index (χ3v) is 4.10. The van der Waals surface area contributed by atoms with Crippen molar-refractivity contribution in [2.45, 2.75) is 13.3 Å². The first-order chi connectivity index (χ1) is 6.61. The Hall–Kier alpha value is -0.480. The second kappa shape index (κ2) is 3.59. The first-order valence-electron chi connectivity index (χ1n) is 4.05. The second-order valence-electron chi connectivity index (χ2n) is 3.04. The maximum atomic E-state index is 12.6. The summed E-state index contributed by atoms with van der Waals surface area (Å²) in [5.41, 5.74) is 0.748. The van der Waals surface area contributed by atoms with Gasteiger partial charge in [-0.1, -0.05) is 0 Å². The largest absolute Gasteiger partial charge is 0.264 e. The molecular formula is C10H7BrF2S. The van der Waals surface area contributed by atoms with Crippen LogP contribution in [0.3, 0.4) is 0 Å². The van der Waals surface area contributed by atoms with Crippen molar-refractivity contribution in [2.75, 3.05) is 0 Å². The van der Waals surface area contributed by atoms with Crippen molar-refractivity contribution >= 4 is 37.4 Å². The molecule has 2 rings (SSSR count). The van der Waals surface area contributed by atoms with Gasteiger partial charge in [-0.15, -0.1) is 11.3 Å². The van der Waals surface area contributed by atoms with E-state index in [1.54, 1.807) is 13.0 Å². The number of thiophene rings is 1. The third kappa shape index (κ3) is 1.46. The van der Waals surface area contributed by atoms with Crippen molar-refractivity contribution in [1.29, 1.82) is 0 Å². The van der Waals surface area contributed by atoms with Crippen LogP contribution in [0.1, 0.15) is 17.6 Å². The van der Waals surface area contributed by atoms with E-state index in [2.05, 4.69) is 15.9 Å². The van der Waals surface area contributed by atoms with E-state index in [4.69, 9.17) is 0 Å². The smallest absolute Gasteiger partial charge is 0.205 e. The molecule has 1 aromatic carbocycles. The molecule has 0 fully saturated rings. The number of alkyl halides is 2. The lowest BCUT2D eigenvalue weighted by Crippen LogP contribution is -1.90. The van der Waals surface area contributed by atoms with Crippen LogP contribution in [-0.2, 0) is 0 Å². The van der Waals surface area contributed by atoms with Gasteiger partial charge in [0.15, 0.2) is 0 Å². The minimum Gasteiger partial charge on any atom is -0.205 e. The molecule has 0 aliphatic rings. The molecule has 14 heavy (non-hydrogen) atoms. The first-order valence-corrected chi connectivity index (χ1v) is 5.73. The number of rotatable bonds is 1. The molecule has 0 bridgehead atoms. The maximum absolute atomic E-state index is 12.6. The molecule has 0 aliphatic heterocycles. The van der Waals surface area contributed by atoms with Crippen LogP contribution in [0.15, 0.2) is 22.0 Å². The van der Waals surface area contributed by atoms with E-state index in [1.165, 1.54) is 11.3 Å². The van der Waals surface area contributed by atoms with E-state index in [0.717, 1.165) is 14.6 Å². The van der Waals surface area contributed by atoms with Crippen molar-refractivity contribution in [1.82, 2.24) is 0 Å². The number of fused-ring (bicyclic) bond motifs is 1. The van der Waals surface area contributed by atoms with Gasteiger partial charge in [0.1, 0.15) is 0 Å². The van der Waals surface area contributed by atoms with Crippen molar-refractivity contribution in [3.05, 3.63) is 33.1 Å². The Morgan fingerprint density at radius 3 is 2.79 bits per heavy atom. The first kappa shape index (κ1) is 10.1. The Morgan fingerprint density at radius 2 is 2.14 bits per heavy atom. The zero-order chi connectivity index (χ0) is 10.3.